The molecule has 1 heterocycles. The fourth-order valence-electron chi connectivity index (χ4n) is 3.15. The van der Waals surface area contributed by atoms with Gasteiger partial charge in [-0.15, -0.1) is 0 Å². The number of allylic oxidation sites excluding steroid dienone is 1. The average Bonchev–Trinajstić information content (AvgIpc) is 2.71. The number of hydrogen-bond acceptors (Lipinski definition) is 4. The zero-order valence-corrected chi connectivity index (χ0v) is 15.3. The Bertz CT molecular complexity index is 987. The molecule has 0 saturated carbocycles. The molecule has 140 valence electrons. The summed E-state index contributed by atoms with van der Waals surface area (Å²) in [6.45, 7) is 0.453. The summed E-state index contributed by atoms with van der Waals surface area (Å²) in [5.41, 5.74) is 8.31. The molecule has 3 N–H and O–H groups in total. The fourth-order valence-corrected chi connectivity index (χ4v) is 3.15. The molecule has 0 aliphatic carbocycles. The standard InChI is InChI=1S/C22H20N4O2/c23-13-16-7-4-8-17(11-16)19-14-26-22(21(28)18(19)12-20(24)27)25-10-9-15-5-2-1-3-6-15/h1-8,11,14,18H,9-10,12H2,(H2,24,27)(H,25,26). The third-order valence-electron chi connectivity index (χ3n) is 4.53. The van der Waals surface area contributed by atoms with Gasteiger partial charge in [0.2, 0.25) is 11.7 Å². The second-order valence-corrected chi connectivity index (χ2v) is 6.49. The molecule has 3 rings (SSSR count). The van der Waals surface area contributed by atoms with Crippen LogP contribution in [0.3, 0.4) is 0 Å². The molecular weight excluding hydrogens is 352 g/mol. The predicted molar refractivity (Wildman–Crippen MR) is 107 cm³/mol. The second-order valence-electron chi connectivity index (χ2n) is 6.49. The van der Waals surface area contributed by atoms with Crippen LogP contribution in [0.5, 0.6) is 0 Å². The van der Waals surface area contributed by atoms with E-state index in [4.69, 9.17) is 11.0 Å². The quantitative estimate of drug-likeness (QED) is 0.810. The van der Waals surface area contributed by atoms with E-state index in [1.165, 1.54) is 0 Å². The van der Waals surface area contributed by atoms with Gasteiger partial charge >= 0.3 is 0 Å². The van der Waals surface area contributed by atoms with Gasteiger partial charge in [0.1, 0.15) is 0 Å². The second kappa shape index (κ2) is 8.78. The van der Waals surface area contributed by atoms with Crippen LogP contribution in [0.2, 0.25) is 0 Å². The van der Waals surface area contributed by atoms with E-state index in [9.17, 15) is 9.59 Å². The van der Waals surface area contributed by atoms with Crippen LogP contribution in [0.15, 0.2) is 65.8 Å². The minimum absolute atomic E-state index is 0.110. The molecule has 1 aliphatic heterocycles. The van der Waals surface area contributed by atoms with Crippen molar-refractivity contribution in [2.45, 2.75) is 12.8 Å². The van der Waals surface area contributed by atoms with E-state index in [-0.39, 0.29) is 18.0 Å². The average molecular weight is 372 g/mol. The van der Waals surface area contributed by atoms with Crippen LogP contribution in [0.1, 0.15) is 23.1 Å². The number of aliphatic imine (C=N–C) groups is 1. The van der Waals surface area contributed by atoms with Crippen molar-refractivity contribution in [3.05, 3.63) is 77.5 Å². The van der Waals surface area contributed by atoms with Gasteiger partial charge in [0.25, 0.3) is 0 Å². The highest BCUT2D eigenvalue weighted by atomic mass is 16.1. The number of carbonyl (C=O) groups is 2. The van der Waals surface area contributed by atoms with Gasteiger partial charge in [0.05, 0.1) is 17.6 Å². The number of Topliss-reactive ketones (excluding diaryl/α,β-unsaturated/α-hetero) is 1. The van der Waals surface area contributed by atoms with Crippen molar-refractivity contribution in [2.24, 2.45) is 16.6 Å². The lowest BCUT2D eigenvalue weighted by molar-refractivity contribution is -0.122. The first kappa shape index (κ1) is 19.1. The van der Waals surface area contributed by atoms with Crippen molar-refractivity contribution in [3.63, 3.8) is 0 Å². The van der Waals surface area contributed by atoms with E-state index in [1.54, 1.807) is 30.5 Å². The maximum Gasteiger partial charge on any atom is 0.218 e. The Hall–Kier alpha value is -3.72. The maximum atomic E-state index is 12.9. The number of ketones is 1. The van der Waals surface area contributed by atoms with Crippen LogP contribution in [-0.2, 0) is 16.0 Å². The summed E-state index contributed by atoms with van der Waals surface area (Å²) in [5, 5.41) is 12.1. The monoisotopic (exact) mass is 372 g/mol. The summed E-state index contributed by atoms with van der Waals surface area (Å²) in [5.74, 6) is -1.33. The van der Waals surface area contributed by atoms with Gasteiger partial charge in [0, 0.05) is 19.2 Å². The number of rotatable bonds is 6. The summed E-state index contributed by atoms with van der Waals surface area (Å²) in [6.07, 6.45) is 2.27. The summed E-state index contributed by atoms with van der Waals surface area (Å²) < 4.78 is 0. The molecule has 2 aromatic carbocycles. The summed E-state index contributed by atoms with van der Waals surface area (Å²) in [4.78, 5) is 28.9. The molecule has 2 aromatic rings. The molecule has 6 heteroatoms. The van der Waals surface area contributed by atoms with Gasteiger partial charge in [-0.25, -0.2) is 0 Å². The van der Waals surface area contributed by atoms with Gasteiger partial charge < -0.3 is 11.1 Å². The molecule has 0 bridgehead atoms. The Balaban J connectivity index is 1.84. The van der Waals surface area contributed by atoms with Crippen molar-refractivity contribution in [3.8, 4) is 6.07 Å². The van der Waals surface area contributed by atoms with Crippen molar-refractivity contribution in [1.82, 2.24) is 5.32 Å². The Labute approximate surface area is 163 Å². The predicted octanol–water partition coefficient (Wildman–Crippen LogP) is 2.20. The number of nitriles is 1. The number of nitrogens with one attached hydrogen (secondary N) is 1. The number of benzene rings is 2. The van der Waals surface area contributed by atoms with Crippen molar-refractivity contribution in [1.29, 1.82) is 5.26 Å². The van der Waals surface area contributed by atoms with Crippen molar-refractivity contribution in [2.75, 3.05) is 6.54 Å². The molecule has 6 nitrogen and oxygen atoms in total. The lowest BCUT2D eigenvalue weighted by Crippen LogP contribution is -2.40. The van der Waals surface area contributed by atoms with Crippen LogP contribution >= 0.6 is 0 Å². The molecule has 0 fully saturated rings. The molecule has 0 aromatic heterocycles. The van der Waals surface area contributed by atoms with E-state index < -0.39 is 11.8 Å². The Kier molecular flexibility index (Phi) is 5.97. The lowest BCUT2D eigenvalue weighted by atomic mass is 9.84. The van der Waals surface area contributed by atoms with Gasteiger partial charge in [-0.1, -0.05) is 42.5 Å². The third-order valence-corrected chi connectivity index (χ3v) is 4.53. The first-order valence-corrected chi connectivity index (χ1v) is 8.96. The van der Waals surface area contributed by atoms with Crippen LogP contribution in [0.25, 0.3) is 5.57 Å². The molecule has 0 spiro atoms. The topological polar surface area (TPSA) is 108 Å². The van der Waals surface area contributed by atoms with E-state index in [2.05, 4.69) is 16.4 Å². The number of hydrogen-bond donors (Lipinski definition) is 2. The van der Waals surface area contributed by atoms with Crippen LogP contribution in [0, 0.1) is 17.2 Å². The fraction of sp³-hybridized carbons (Fsp3) is 0.182. The largest absolute Gasteiger partial charge is 0.370 e. The molecule has 1 amide bonds. The third kappa shape index (κ3) is 4.51. The Morgan fingerprint density at radius 3 is 2.68 bits per heavy atom. The normalized spacial score (nSPS) is 17.5. The van der Waals surface area contributed by atoms with Crippen molar-refractivity contribution < 1.29 is 9.59 Å². The molecular formula is C22H20N4O2. The van der Waals surface area contributed by atoms with Crippen LogP contribution < -0.4 is 11.1 Å². The van der Waals surface area contributed by atoms with Crippen LogP contribution in [-0.4, -0.2) is 24.1 Å². The zero-order valence-electron chi connectivity index (χ0n) is 15.3. The van der Waals surface area contributed by atoms with Gasteiger partial charge in [-0.2, -0.15) is 5.26 Å². The summed E-state index contributed by atoms with van der Waals surface area (Å²) in [6, 6.07) is 18.9. The van der Waals surface area contributed by atoms with Crippen molar-refractivity contribution >= 4 is 23.1 Å². The van der Waals surface area contributed by atoms with E-state index >= 15 is 0 Å². The van der Waals surface area contributed by atoms with Gasteiger partial charge in [-0.05, 0) is 35.3 Å². The molecule has 0 saturated heterocycles. The minimum Gasteiger partial charge on any atom is -0.370 e. The number of nitrogens with zero attached hydrogens (tertiary/aromatic N) is 2. The van der Waals surface area contributed by atoms with Gasteiger partial charge in [-0.3, -0.25) is 14.6 Å². The number of amidine groups is 1. The molecule has 1 unspecified atom stereocenters. The molecule has 1 aliphatic rings. The number of amides is 1. The number of carbonyl (C=O) groups excluding carboxylic acids is 2. The Morgan fingerprint density at radius 1 is 1.18 bits per heavy atom. The lowest BCUT2D eigenvalue weighted by Gasteiger charge is -2.24. The molecule has 1 atom stereocenters. The number of nitrogens with two attached hydrogens (primary N) is 1. The minimum atomic E-state index is -0.719. The smallest absolute Gasteiger partial charge is 0.218 e. The van der Waals surface area contributed by atoms with E-state index in [0.29, 0.717) is 29.7 Å². The highest BCUT2D eigenvalue weighted by Crippen LogP contribution is 2.29. The summed E-state index contributed by atoms with van der Waals surface area (Å²) >= 11 is 0. The van der Waals surface area contributed by atoms with E-state index in [1.807, 2.05) is 30.3 Å². The highest BCUT2D eigenvalue weighted by Gasteiger charge is 2.32. The maximum absolute atomic E-state index is 12.9. The van der Waals surface area contributed by atoms with E-state index in [0.717, 1.165) is 5.56 Å². The van der Waals surface area contributed by atoms with Crippen LogP contribution in [0.4, 0.5) is 0 Å². The first-order chi connectivity index (χ1) is 13.6. The zero-order chi connectivity index (χ0) is 19.9. The first-order valence-electron chi connectivity index (χ1n) is 8.96. The van der Waals surface area contributed by atoms with Gasteiger partial charge in [0.15, 0.2) is 5.84 Å². The Morgan fingerprint density at radius 2 is 1.96 bits per heavy atom. The molecule has 0 radical (unpaired) electrons. The highest BCUT2D eigenvalue weighted by molar-refractivity contribution is 6.43. The SMILES string of the molecule is N#Cc1cccc(C2=CNC(=NCCc3ccccc3)C(=O)C2CC(N)=O)c1. The summed E-state index contributed by atoms with van der Waals surface area (Å²) in [7, 11) is 0. The number of primary amides is 1. The molecule has 28 heavy (non-hydrogen) atoms.